The van der Waals surface area contributed by atoms with Gasteiger partial charge < -0.3 is 4.90 Å². The van der Waals surface area contributed by atoms with E-state index in [2.05, 4.69) is 14.7 Å². The van der Waals surface area contributed by atoms with Crippen LogP contribution in [0, 0.1) is 0 Å². The van der Waals surface area contributed by atoms with Crippen molar-refractivity contribution < 1.29 is 8.42 Å². The number of nitrogens with zero attached hydrogens (tertiary/aromatic N) is 3. The number of hydrogen-bond donors (Lipinski definition) is 1. The molecule has 0 radical (unpaired) electrons. The first-order valence-corrected chi connectivity index (χ1v) is 7.16. The minimum Gasteiger partial charge on any atom is -0.306 e. The molecule has 1 saturated heterocycles. The van der Waals surface area contributed by atoms with E-state index in [1.54, 1.807) is 7.05 Å². The molecular formula is C10H18N4O2S. The maximum Gasteiger partial charge on any atom is 0.257 e. The van der Waals surface area contributed by atoms with Crippen LogP contribution in [0.25, 0.3) is 0 Å². The van der Waals surface area contributed by atoms with E-state index < -0.39 is 10.0 Å². The largest absolute Gasteiger partial charge is 0.306 e. The van der Waals surface area contributed by atoms with Gasteiger partial charge in [-0.25, -0.2) is 13.1 Å². The fourth-order valence-corrected chi connectivity index (χ4v) is 3.46. The summed E-state index contributed by atoms with van der Waals surface area (Å²) in [5.41, 5.74) is 0. The minimum atomic E-state index is -3.43. The SMILES string of the molecule is CN1CCC(NS(=O)(=O)c2ccnn2C)CC1. The van der Waals surface area contributed by atoms with Gasteiger partial charge in [-0.3, -0.25) is 4.68 Å². The second-order valence-corrected chi connectivity index (χ2v) is 6.15. The molecule has 0 amide bonds. The lowest BCUT2D eigenvalue weighted by Gasteiger charge is -2.29. The Morgan fingerprint density at radius 2 is 2.00 bits per heavy atom. The zero-order valence-corrected chi connectivity index (χ0v) is 10.9. The summed E-state index contributed by atoms with van der Waals surface area (Å²) in [5, 5.41) is 4.10. The van der Waals surface area contributed by atoms with Gasteiger partial charge in [0.1, 0.15) is 0 Å². The third-order valence-corrected chi connectivity index (χ3v) is 4.69. The van der Waals surface area contributed by atoms with Crippen molar-refractivity contribution in [2.45, 2.75) is 23.9 Å². The first kappa shape index (κ1) is 12.5. The lowest BCUT2D eigenvalue weighted by Crippen LogP contribution is -2.43. The highest BCUT2D eigenvalue weighted by molar-refractivity contribution is 7.89. The number of rotatable bonds is 3. The molecule has 1 aromatic rings. The van der Waals surface area contributed by atoms with Crippen molar-refractivity contribution in [3.8, 4) is 0 Å². The molecule has 1 fully saturated rings. The molecule has 1 N–H and O–H groups in total. The van der Waals surface area contributed by atoms with Gasteiger partial charge in [-0.2, -0.15) is 5.10 Å². The molecule has 0 atom stereocenters. The van der Waals surface area contributed by atoms with E-state index in [-0.39, 0.29) is 11.1 Å². The van der Waals surface area contributed by atoms with Crippen LogP contribution < -0.4 is 4.72 Å². The lowest BCUT2D eigenvalue weighted by molar-refractivity contribution is 0.248. The summed E-state index contributed by atoms with van der Waals surface area (Å²) < 4.78 is 28.3. The summed E-state index contributed by atoms with van der Waals surface area (Å²) in [5.74, 6) is 0. The Bertz CT molecular complexity index is 474. The molecule has 1 aliphatic rings. The highest BCUT2D eigenvalue weighted by atomic mass is 32.2. The van der Waals surface area contributed by atoms with Crippen LogP contribution in [0.5, 0.6) is 0 Å². The molecule has 0 saturated carbocycles. The molecule has 0 spiro atoms. The van der Waals surface area contributed by atoms with Gasteiger partial charge in [-0.1, -0.05) is 0 Å². The van der Waals surface area contributed by atoms with Crippen molar-refractivity contribution >= 4 is 10.0 Å². The van der Waals surface area contributed by atoms with Crippen molar-refractivity contribution in [1.29, 1.82) is 0 Å². The molecule has 1 aliphatic heterocycles. The molecule has 96 valence electrons. The van der Waals surface area contributed by atoms with E-state index in [1.807, 2.05) is 7.05 Å². The Hall–Kier alpha value is -0.920. The standard InChI is InChI=1S/C10H18N4O2S/c1-13-7-4-9(5-8-13)12-17(15,16)10-3-6-11-14(10)2/h3,6,9,12H,4-5,7-8H2,1-2H3. The number of piperidine rings is 1. The van der Waals surface area contributed by atoms with Crippen LogP contribution in [0.3, 0.4) is 0 Å². The van der Waals surface area contributed by atoms with Gasteiger partial charge in [-0.05, 0) is 39.0 Å². The van der Waals surface area contributed by atoms with Gasteiger partial charge in [0.05, 0.1) is 6.20 Å². The molecule has 0 bridgehead atoms. The average Bonchev–Trinajstić information content (AvgIpc) is 2.68. The van der Waals surface area contributed by atoms with Gasteiger partial charge in [0.25, 0.3) is 10.0 Å². The first-order valence-electron chi connectivity index (χ1n) is 5.68. The molecule has 2 heterocycles. The van der Waals surface area contributed by atoms with Crippen LogP contribution in [-0.2, 0) is 17.1 Å². The zero-order valence-electron chi connectivity index (χ0n) is 10.1. The van der Waals surface area contributed by atoms with Gasteiger partial charge in [0.15, 0.2) is 5.03 Å². The Kier molecular flexibility index (Phi) is 3.50. The predicted molar refractivity (Wildman–Crippen MR) is 64.0 cm³/mol. The number of aromatic nitrogens is 2. The summed E-state index contributed by atoms with van der Waals surface area (Å²) in [6.45, 7) is 1.86. The minimum absolute atomic E-state index is 0.0334. The molecule has 2 rings (SSSR count). The van der Waals surface area contributed by atoms with Crippen LogP contribution >= 0.6 is 0 Å². The molecule has 6 nitrogen and oxygen atoms in total. The third-order valence-electron chi connectivity index (χ3n) is 3.09. The summed E-state index contributed by atoms with van der Waals surface area (Å²) in [7, 11) is 0.243. The van der Waals surface area contributed by atoms with E-state index in [9.17, 15) is 8.42 Å². The Morgan fingerprint density at radius 3 is 2.53 bits per heavy atom. The highest BCUT2D eigenvalue weighted by Gasteiger charge is 2.25. The van der Waals surface area contributed by atoms with Crippen LogP contribution in [-0.4, -0.2) is 49.3 Å². The molecule has 17 heavy (non-hydrogen) atoms. The second-order valence-electron chi connectivity index (χ2n) is 4.49. The number of likely N-dealkylation sites (tertiary alicyclic amines) is 1. The van der Waals surface area contributed by atoms with Crippen LogP contribution in [0.2, 0.25) is 0 Å². The van der Waals surface area contributed by atoms with E-state index >= 15 is 0 Å². The fourth-order valence-electron chi connectivity index (χ4n) is 2.03. The quantitative estimate of drug-likeness (QED) is 0.815. The van der Waals surface area contributed by atoms with Crippen molar-refractivity contribution in [1.82, 2.24) is 19.4 Å². The molecule has 0 aromatic carbocycles. The van der Waals surface area contributed by atoms with Crippen molar-refractivity contribution in [2.75, 3.05) is 20.1 Å². The summed E-state index contributed by atoms with van der Waals surface area (Å²) >= 11 is 0. The number of sulfonamides is 1. The first-order chi connectivity index (χ1) is 7.99. The third kappa shape index (κ3) is 2.85. The molecule has 0 unspecified atom stereocenters. The summed E-state index contributed by atoms with van der Waals surface area (Å²) in [4.78, 5) is 2.20. The lowest BCUT2D eigenvalue weighted by atomic mass is 10.1. The van der Waals surface area contributed by atoms with Gasteiger partial charge >= 0.3 is 0 Å². The molecule has 7 heteroatoms. The molecular weight excluding hydrogens is 240 g/mol. The van der Waals surface area contributed by atoms with E-state index in [0.29, 0.717) is 0 Å². The number of hydrogen-bond acceptors (Lipinski definition) is 4. The normalized spacial score (nSPS) is 19.6. The van der Waals surface area contributed by atoms with Crippen LogP contribution in [0.1, 0.15) is 12.8 Å². The average molecular weight is 258 g/mol. The van der Waals surface area contributed by atoms with Crippen LogP contribution in [0.15, 0.2) is 17.3 Å². The van der Waals surface area contributed by atoms with E-state index in [4.69, 9.17) is 0 Å². The summed E-state index contributed by atoms with van der Waals surface area (Å²) in [6, 6.07) is 1.54. The molecule has 1 aromatic heterocycles. The van der Waals surface area contributed by atoms with Crippen molar-refractivity contribution in [3.63, 3.8) is 0 Å². The number of nitrogens with one attached hydrogen (secondary N) is 1. The monoisotopic (exact) mass is 258 g/mol. The second kappa shape index (κ2) is 4.75. The molecule has 0 aliphatic carbocycles. The fraction of sp³-hybridized carbons (Fsp3) is 0.700. The maximum atomic E-state index is 12.1. The topological polar surface area (TPSA) is 67.2 Å². The number of aryl methyl sites for hydroxylation is 1. The Balaban J connectivity index is 2.06. The van der Waals surface area contributed by atoms with Gasteiger partial charge in [0.2, 0.25) is 0 Å². The van der Waals surface area contributed by atoms with E-state index in [1.165, 1.54) is 16.9 Å². The zero-order chi connectivity index (χ0) is 12.5. The Labute approximate surface area is 102 Å². The van der Waals surface area contributed by atoms with E-state index in [0.717, 1.165) is 25.9 Å². The summed E-state index contributed by atoms with van der Waals surface area (Å²) in [6.07, 6.45) is 3.20. The Morgan fingerprint density at radius 1 is 1.35 bits per heavy atom. The highest BCUT2D eigenvalue weighted by Crippen LogP contribution is 2.13. The van der Waals surface area contributed by atoms with Crippen molar-refractivity contribution in [2.24, 2.45) is 7.05 Å². The van der Waals surface area contributed by atoms with Crippen LogP contribution in [0.4, 0.5) is 0 Å². The maximum absolute atomic E-state index is 12.1. The van der Waals surface area contributed by atoms with Crippen molar-refractivity contribution in [3.05, 3.63) is 12.3 Å². The smallest absolute Gasteiger partial charge is 0.257 e. The predicted octanol–water partition coefficient (Wildman–Crippen LogP) is -0.207. The van der Waals surface area contributed by atoms with Gasteiger partial charge in [-0.15, -0.1) is 0 Å². The van der Waals surface area contributed by atoms with Gasteiger partial charge in [0, 0.05) is 13.1 Å².